The Morgan fingerprint density at radius 2 is 1.43 bits per heavy atom. The number of nitrogens with zero attached hydrogens (tertiary/aromatic N) is 3. The van der Waals surface area contributed by atoms with E-state index in [-0.39, 0.29) is 36.2 Å². The molecular weight excluding hydrogens is 657 g/mol. The van der Waals surface area contributed by atoms with Crippen LogP contribution in [0.2, 0.25) is 0 Å². The Labute approximate surface area is 306 Å². The summed E-state index contributed by atoms with van der Waals surface area (Å²) in [4.78, 5) is 39.4. The van der Waals surface area contributed by atoms with Crippen LogP contribution in [0.3, 0.4) is 0 Å². The molecule has 3 N–H and O–H groups in total. The second-order valence-corrected chi connectivity index (χ2v) is 17.7. The lowest BCUT2D eigenvalue weighted by Gasteiger charge is -2.41. The summed E-state index contributed by atoms with van der Waals surface area (Å²) in [5.41, 5.74) is 5.53. The maximum atomic E-state index is 13.5. The molecule has 6 rings (SSSR count). The molecule has 1 aliphatic carbocycles. The molecule has 0 bridgehead atoms. The van der Waals surface area contributed by atoms with Crippen LogP contribution < -0.4 is 5.32 Å². The number of hydrogen-bond donors (Lipinski definition) is 3. The highest BCUT2D eigenvalue weighted by Crippen LogP contribution is 2.43. The number of carbonyl (C=O) groups is 2. The van der Waals surface area contributed by atoms with Crippen LogP contribution >= 0.6 is 11.3 Å². The Bertz CT molecular complexity index is 1790. The van der Waals surface area contributed by atoms with Gasteiger partial charge in [-0.1, -0.05) is 90.1 Å². The van der Waals surface area contributed by atoms with E-state index < -0.39 is 12.3 Å². The van der Waals surface area contributed by atoms with Crippen molar-refractivity contribution >= 4 is 23.2 Å². The fraction of sp³-hybridized carbons (Fsp3) is 0.476. The highest BCUT2D eigenvalue weighted by atomic mass is 32.1. The van der Waals surface area contributed by atoms with Crippen molar-refractivity contribution in [3.63, 3.8) is 0 Å². The van der Waals surface area contributed by atoms with Crippen molar-refractivity contribution in [2.75, 3.05) is 13.1 Å². The second kappa shape index (κ2) is 15.0. The fourth-order valence-corrected chi connectivity index (χ4v) is 8.25. The van der Waals surface area contributed by atoms with Gasteiger partial charge in [-0.25, -0.2) is 9.97 Å². The molecule has 2 fully saturated rings. The lowest BCUT2D eigenvalue weighted by molar-refractivity contribution is -0.157. The molecule has 1 atom stereocenters. The van der Waals surface area contributed by atoms with E-state index in [0.717, 1.165) is 33.0 Å². The second-order valence-electron chi connectivity index (χ2n) is 16.6. The molecule has 1 saturated carbocycles. The number of nitrogens with one attached hydrogen (secondary N) is 1. The molecular formula is C42H52N4O4S. The summed E-state index contributed by atoms with van der Waals surface area (Å²) in [6.45, 7) is 13.9. The van der Waals surface area contributed by atoms with Gasteiger partial charge in [0.15, 0.2) is 12.1 Å². The summed E-state index contributed by atoms with van der Waals surface area (Å²) in [6.07, 6.45) is 7.65. The maximum Gasteiger partial charge on any atom is 0.262 e. The largest absolute Gasteiger partial charge is 0.368 e. The summed E-state index contributed by atoms with van der Waals surface area (Å²) in [5, 5.41) is 22.0. The third-order valence-electron chi connectivity index (χ3n) is 10.8. The summed E-state index contributed by atoms with van der Waals surface area (Å²) in [6, 6.07) is 19.6. The number of aromatic nitrogens is 2. The van der Waals surface area contributed by atoms with Crippen molar-refractivity contribution in [1.82, 2.24) is 20.2 Å². The van der Waals surface area contributed by atoms with Crippen LogP contribution in [0, 0.1) is 17.3 Å². The van der Waals surface area contributed by atoms with Crippen LogP contribution in [0.5, 0.6) is 0 Å². The SMILES string of the molecule is CC(C)(C)c1ccc(C(=O)N[C@@H](Cc2ccc(-c3ncc(-c4ccc([C@H]5CC[C@@H](C(C)(C)C)CC5)cc4)cn3)cc2)C(=O)N2CC(C(O)O)C2)s1. The molecule has 270 valence electrons. The van der Waals surface area contributed by atoms with E-state index in [1.54, 1.807) is 11.0 Å². The summed E-state index contributed by atoms with van der Waals surface area (Å²) in [5.74, 6) is 1.13. The van der Waals surface area contributed by atoms with E-state index >= 15 is 0 Å². The zero-order valence-electron chi connectivity index (χ0n) is 30.7. The molecule has 4 aromatic rings. The highest BCUT2D eigenvalue weighted by molar-refractivity contribution is 7.14. The number of rotatable bonds is 9. The molecule has 1 saturated heterocycles. The van der Waals surface area contributed by atoms with Gasteiger partial charge in [0.1, 0.15) is 6.04 Å². The average molecular weight is 709 g/mol. The molecule has 2 amide bonds. The number of aliphatic hydroxyl groups is 2. The third-order valence-corrected chi connectivity index (χ3v) is 12.3. The van der Waals surface area contributed by atoms with Crippen LogP contribution in [-0.2, 0) is 16.6 Å². The maximum absolute atomic E-state index is 13.5. The molecule has 8 nitrogen and oxygen atoms in total. The van der Waals surface area contributed by atoms with Gasteiger partial charge >= 0.3 is 0 Å². The first-order valence-electron chi connectivity index (χ1n) is 18.2. The Kier molecular flexibility index (Phi) is 10.8. The Balaban J connectivity index is 1.10. The predicted octanol–water partition coefficient (Wildman–Crippen LogP) is 7.60. The number of aliphatic hydroxyl groups excluding tert-OH is 1. The van der Waals surface area contributed by atoms with E-state index in [0.29, 0.717) is 28.5 Å². The van der Waals surface area contributed by atoms with Crippen molar-refractivity contribution in [1.29, 1.82) is 0 Å². The minimum absolute atomic E-state index is 0.0846. The quantitative estimate of drug-likeness (QED) is 0.154. The third kappa shape index (κ3) is 8.76. The Morgan fingerprint density at radius 3 is 1.98 bits per heavy atom. The predicted molar refractivity (Wildman–Crippen MR) is 203 cm³/mol. The molecule has 0 spiro atoms. The highest BCUT2D eigenvalue weighted by Gasteiger charge is 2.38. The van der Waals surface area contributed by atoms with Crippen molar-refractivity contribution in [3.8, 4) is 22.5 Å². The number of benzene rings is 2. The minimum Gasteiger partial charge on any atom is -0.368 e. The zero-order valence-corrected chi connectivity index (χ0v) is 31.5. The monoisotopic (exact) mass is 708 g/mol. The van der Waals surface area contributed by atoms with E-state index in [9.17, 15) is 19.8 Å². The van der Waals surface area contributed by atoms with Crippen molar-refractivity contribution in [3.05, 3.63) is 93.9 Å². The normalized spacial score (nSPS) is 19.1. The summed E-state index contributed by atoms with van der Waals surface area (Å²) in [7, 11) is 0. The number of thiophene rings is 1. The standard InChI is InChI=1S/C42H52N4O4S/c1-41(2,3)33-17-15-28(16-18-33)27-11-13-29(14-12-27)31-22-43-37(44-23-31)30-9-7-26(8-10-30)21-34(39(48)46-24-32(25-46)40(49)50)45-38(47)35-19-20-36(51-35)42(4,5)6/h7-14,19-20,22-23,28,32-34,40,49-50H,15-18,21,24-25H2,1-6H3,(H,45,47)/t28-,33+,34-/m0/s1. The zero-order chi connectivity index (χ0) is 36.5. The average Bonchev–Trinajstić information content (AvgIpc) is 3.59. The first-order valence-corrected chi connectivity index (χ1v) is 19.0. The van der Waals surface area contributed by atoms with Gasteiger partial charge in [-0.05, 0) is 77.2 Å². The summed E-state index contributed by atoms with van der Waals surface area (Å²) < 4.78 is 0. The topological polar surface area (TPSA) is 116 Å². The van der Waals surface area contributed by atoms with E-state index in [4.69, 9.17) is 0 Å². The van der Waals surface area contributed by atoms with Crippen molar-refractivity contribution in [2.45, 2.75) is 97.3 Å². The molecule has 0 unspecified atom stereocenters. The van der Waals surface area contributed by atoms with Gasteiger partial charge < -0.3 is 20.4 Å². The lowest BCUT2D eigenvalue weighted by atomic mass is 9.68. The molecule has 0 radical (unpaired) electrons. The van der Waals surface area contributed by atoms with Crippen molar-refractivity contribution in [2.24, 2.45) is 17.3 Å². The summed E-state index contributed by atoms with van der Waals surface area (Å²) >= 11 is 1.43. The smallest absolute Gasteiger partial charge is 0.262 e. The van der Waals surface area contributed by atoms with Crippen molar-refractivity contribution < 1.29 is 19.8 Å². The van der Waals surface area contributed by atoms with Gasteiger partial charge in [-0.15, -0.1) is 11.3 Å². The Morgan fingerprint density at radius 1 is 0.824 bits per heavy atom. The van der Waals surface area contributed by atoms with E-state index in [1.165, 1.54) is 42.6 Å². The lowest BCUT2D eigenvalue weighted by Crippen LogP contribution is -2.59. The number of carbonyl (C=O) groups excluding carboxylic acids is 2. The van der Waals surface area contributed by atoms with Gasteiger partial charge in [-0.3, -0.25) is 9.59 Å². The first-order chi connectivity index (χ1) is 24.2. The van der Waals surface area contributed by atoms with Crippen LogP contribution in [0.1, 0.15) is 98.8 Å². The molecule has 51 heavy (non-hydrogen) atoms. The van der Waals surface area contributed by atoms with Gasteiger partial charge in [0.2, 0.25) is 5.91 Å². The van der Waals surface area contributed by atoms with Crippen LogP contribution in [-0.4, -0.2) is 62.3 Å². The first kappa shape index (κ1) is 36.9. The number of amides is 2. The van der Waals surface area contributed by atoms with Crippen LogP contribution in [0.25, 0.3) is 22.5 Å². The number of hydrogen-bond acceptors (Lipinski definition) is 7. The molecule has 1 aliphatic heterocycles. The molecule has 2 aliphatic rings. The van der Waals surface area contributed by atoms with Gasteiger partial charge in [0.25, 0.3) is 5.91 Å². The van der Waals surface area contributed by atoms with Gasteiger partial charge in [0, 0.05) is 53.8 Å². The van der Waals surface area contributed by atoms with E-state index in [1.807, 2.05) is 42.7 Å². The number of likely N-dealkylation sites (tertiary alicyclic amines) is 1. The molecule has 3 heterocycles. The van der Waals surface area contributed by atoms with Crippen LogP contribution in [0.15, 0.2) is 73.1 Å². The minimum atomic E-state index is -1.47. The molecule has 9 heteroatoms. The Hall–Kier alpha value is -3.92. The molecule has 2 aromatic heterocycles. The van der Waals surface area contributed by atoms with E-state index in [2.05, 4.69) is 81.1 Å². The fourth-order valence-electron chi connectivity index (χ4n) is 7.29. The van der Waals surface area contributed by atoms with Crippen LogP contribution in [0.4, 0.5) is 0 Å². The molecule has 2 aromatic carbocycles. The van der Waals surface area contributed by atoms with Gasteiger partial charge in [0.05, 0.1) is 4.88 Å². The van der Waals surface area contributed by atoms with Gasteiger partial charge in [-0.2, -0.15) is 0 Å².